The molecule has 1 saturated heterocycles. The largest absolute Gasteiger partial charge is 0.505 e. The van der Waals surface area contributed by atoms with Gasteiger partial charge in [-0.2, -0.15) is 4.39 Å². The fourth-order valence-corrected chi connectivity index (χ4v) is 3.35. The molecule has 1 aliphatic rings. The van der Waals surface area contributed by atoms with Gasteiger partial charge in [0, 0.05) is 24.8 Å². The van der Waals surface area contributed by atoms with E-state index in [1.54, 1.807) is 0 Å². The lowest BCUT2D eigenvalue weighted by molar-refractivity contribution is 0.280. The summed E-state index contributed by atoms with van der Waals surface area (Å²) in [4.78, 5) is 2.34. The molecule has 3 aromatic rings. The zero-order valence-corrected chi connectivity index (χ0v) is 14.7. The summed E-state index contributed by atoms with van der Waals surface area (Å²) in [7, 11) is 0. The van der Waals surface area contributed by atoms with Crippen molar-refractivity contribution in [3.63, 3.8) is 0 Å². The van der Waals surface area contributed by atoms with Gasteiger partial charge in [-0.25, -0.2) is 9.07 Å². The maximum Gasteiger partial charge on any atom is 0.202 e. The van der Waals surface area contributed by atoms with E-state index in [9.17, 15) is 13.9 Å². The van der Waals surface area contributed by atoms with Crippen molar-refractivity contribution >= 4 is 16.7 Å². The highest BCUT2D eigenvalue weighted by molar-refractivity contribution is 5.79. The van der Waals surface area contributed by atoms with Gasteiger partial charge in [-0.15, -0.1) is 5.10 Å². The number of benzene rings is 2. The summed E-state index contributed by atoms with van der Waals surface area (Å²) in [5.74, 6) is -3.27. The molecule has 0 unspecified atom stereocenters. The zero-order chi connectivity index (χ0) is 18.5. The molecule has 1 aromatic heterocycles. The number of fused-ring (bicyclic) bond motifs is 1. The van der Waals surface area contributed by atoms with Crippen LogP contribution in [0.4, 0.5) is 14.5 Å². The van der Waals surface area contributed by atoms with Crippen molar-refractivity contribution in [2.45, 2.75) is 26.7 Å². The van der Waals surface area contributed by atoms with Crippen molar-refractivity contribution in [1.29, 1.82) is 0 Å². The van der Waals surface area contributed by atoms with E-state index >= 15 is 0 Å². The highest BCUT2D eigenvalue weighted by Gasteiger charge is 2.25. The molecule has 1 fully saturated rings. The minimum atomic E-state index is -1.31. The third kappa shape index (κ3) is 2.77. The van der Waals surface area contributed by atoms with Crippen LogP contribution in [0.2, 0.25) is 0 Å². The molecule has 1 N–H and O–H groups in total. The van der Waals surface area contributed by atoms with E-state index in [1.165, 1.54) is 4.68 Å². The number of hydrogen-bond acceptors (Lipinski definition) is 4. The number of rotatable bonds is 2. The van der Waals surface area contributed by atoms with E-state index in [0.717, 1.165) is 37.7 Å². The van der Waals surface area contributed by atoms with Crippen LogP contribution in [0, 0.1) is 17.0 Å². The summed E-state index contributed by atoms with van der Waals surface area (Å²) in [6.07, 6.45) is 2.29. The van der Waals surface area contributed by atoms with Gasteiger partial charge in [0.15, 0.2) is 17.1 Å². The second-order valence-corrected chi connectivity index (χ2v) is 7.56. The molecular weight excluding hydrogens is 338 g/mol. The maximum atomic E-state index is 13.9. The Balaban J connectivity index is 1.65. The van der Waals surface area contributed by atoms with E-state index in [1.807, 2.05) is 24.3 Å². The first kappa shape index (κ1) is 16.8. The summed E-state index contributed by atoms with van der Waals surface area (Å²) in [5, 5.41) is 17.2. The minimum Gasteiger partial charge on any atom is -0.505 e. The van der Waals surface area contributed by atoms with Crippen LogP contribution in [0.3, 0.4) is 0 Å². The number of aromatic nitrogens is 3. The molecule has 7 heteroatoms. The Bertz CT molecular complexity index is 956. The Morgan fingerprint density at radius 1 is 1.00 bits per heavy atom. The van der Waals surface area contributed by atoms with Crippen LogP contribution < -0.4 is 4.90 Å². The van der Waals surface area contributed by atoms with Crippen LogP contribution in [0.25, 0.3) is 16.7 Å². The van der Waals surface area contributed by atoms with E-state index in [0.29, 0.717) is 11.1 Å². The van der Waals surface area contributed by atoms with E-state index in [2.05, 4.69) is 29.1 Å². The lowest BCUT2D eigenvalue weighted by Crippen LogP contribution is -2.37. The Hall–Kier alpha value is -2.70. The second-order valence-electron chi connectivity index (χ2n) is 7.56. The Labute approximate surface area is 149 Å². The van der Waals surface area contributed by atoms with Gasteiger partial charge in [0.2, 0.25) is 5.82 Å². The number of anilines is 1. The van der Waals surface area contributed by atoms with Gasteiger partial charge in [0.05, 0.1) is 5.69 Å². The van der Waals surface area contributed by atoms with Crippen molar-refractivity contribution < 1.29 is 13.9 Å². The molecule has 0 saturated carbocycles. The van der Waals surface area contributed by atoms with Crippen LogP contribution in [0.1, 0.15) is 26.7 Å². The number of halogens is 2. The Kier molecular flexibility index (Phi) is 3.82. The highest BCUT2D eigenvalue weighted by atomic mass is 19.2. The zero-order valence-electron chi connectivity index (χ0n) is 14.7. The first-order chi connectivity index (χ1) is 12.4. The van der Waals surface area contributed by atoms with Crippen LogP contribution in [-0.4, -0.2) is 33.2 Å². The van der Waals surface area contributed by atoms with E-state index in [4.69, 9.17) is 0 Å². The lowest BCUT2D eigenvalue weighted by Gasteiger charge is -2.38. The third-order valence-electron chi connectivity index (χ3n) is 5.18. The predicted molar refractivity (Wildman–Crippen MR) is 95.7 cm³/mol. The number of aromatic hydroxyl groups is 1. The normalized spacial score (nSPS) is 17.0. The number of phenolic OH excluding ortho intramolecular Hbond substituents is 1. The quantitative estimate of drug-likeness (QED) is 0.751. The molecule has 0 atom stereocenters. The average Bonchev–Trinajstić information content (AvgIpc) is 3.04. The molecular formula is C19H20F2N4O. The van der Waals surface area contributed by atoms with Crippen molar-refractivity contribution in [2.75, 3.05) is 18.0 Å². The monoisotopic (exact) mass is 358 g/mol. The summed E-state index contributed by atoms with van der Waals surface area (Å²) in [5.41, 5.74) is 2.18. The maximum absolute atomic E-state index is 13.9. The summed E-state index contributed by atoms with van der Waals surface area (Å²) >= 11 is 0. The molecule has 0 spiro atoms. The number of phenols is 1. The van der Waals surface area contributed by atoms with Gasteiger partial charge in [-0.1, -0.05) is 19.1 Å². The van der Waals surface area contributed by atoms with Crippen molar-refractivity contribution in [1.82, 2.24) is 15.0 Å². The first-order valence-electron chi connectivity index (χ1n) is 8.63. The molecule has 4 rings (SSSR count). The van der Waals surface area contributed by atoms with Gasteiger partial charge >= 0.3 is 0 Å². The minimum absolute atomic E-state index is 0.206. The standard InChI is InChI=1S/C19H20F2N4O/c1-19(2)7-9-24(10-8-19)12-3-5-13(6-4-12)25-14-11-15(26)16(20)17(21)18(14)22-23-25/h3-6,11,26H,7-10H2,1-2H3. The SMILES string of the molecule is CC1(C)CCN(c2ccc(-n3nnc4c(F)c(F)c(O)cc43)cc2)CC1. The van der Waals surface area contributed by atoms with Gasteiger partial charge < -0.3 is 10.0 Å². The van der Waals surface area contributed by atoms with Gasteiger partial charge in [0.25, 0.3) is 0 Å². The fraction of sp³-hybridized carbons (Fsp3) is 0.368. The second kappa shape index (κ2) is 5.93. The van der Waals surface area contributed by atoms with E-state index < -0.39 is 17.4 Å². The van der Waals surface area contributed by atoms with Gasteiger partial charge in [-0.05, 0) is 42.5 Å². The van der Waals surface area contributed by atoms with Gasteiger partial charge in [-0.3, -0.25) is 0 Å². The molecule has 26 heavy (non-hydrogen) atoms. The topological polar surface area (TPSA) is 54.2 Å². The van der Waals surface area contributed by atoms with Crippen molar-refractivity contribution in [2.24, 2.45) is 5.41 Å². The summed E-state index contributed by atoms with van der Waals surface area (Å²) in [6, 6.07) is 8.83. The number of piperidine rings is 1. The number of hydrogen-bond donors (Lipinski definition) is 1. The van der Waals surface area contributed by atoms with Gasteiger partial charge in [0.1, 0.15) is 5.52 Å². The average molecular weight is 358 g/mol. The molecule has 1 aliphatic heterocycles. The smallest absolute Gasteiger partial charge is 0.202 e. The van der Waals surface area contributed by atoms with Crippen molar-refractivity contribution in [3.05, 3.63) is 42.0 Å². The number of nitrogens with zero attached hydrogens (tertiary/aromatic N) is 4. The van der Waals surface area contributed by atoms with E-state index in [-0.39, 0.29) is 11.0 Å². The molecule has 2 heterocycles. The van der Waals surface area contributed by atoms with Crippen LogP contribution in [0.15, 0.2) is 30.3 Å². The molecule has 5 nitrogen and oxygen atoms in total. The predicted octanol–water partition coefficient (Wildman–Crippen LogP) is 4.03. The molecule has 136 valence electrons. The van der Waals surface area contributed by atoms with Crippen LogP contribution >= 0.6 is 0 Å². The molecule has 0 amide bonds. The molecule has 2 aromatic carbocycles. The van der Waals surface area contributed by atoms with Crippen LogP contribution in [-0.2, 0) is 0 Å². The third-order valence-corrected chi connectivity index (χ3v) is 5.18. The fourth-order valence-electron chi connectivity index (χ4n) is 3.35. The van der Waals surface area contributed by atoms with Crippen molar-refractivity contribution in [3.8, 4) is 11.4 Å². The Morgan fingerprint density at radius 2 is 1.62 bits per heavy atom. The molecule has 0 aliphatic carbocycles. The highest BCUT2D eigenvalue weighted by Crippen LogP contribution is 2.33. The first-order valence-corrected chi connectivity index (χ1v) is 8.63. The molecule has 0 radical (unpaired) electrons. The summed E-state index contributed by atoms with van der Waals surface area (Å²) in [6.45, 7) is 6.61. The lowest BCUT2D eigenvalue weighted by atomic mass is 9.82. The summed E-state index contributed by atoms with van der Waals surface area (Å²) < 4.78 is 28.8. The van der Waals surface area contributed by atoms with Crippen LogP contribution in [0.5, 0.6) is 5.75 Å². The Morgan fingerprint density at radius 3 is 2.27 bits per heavy atom. The molecule has 0 bridgehead atoms.